The number of nitrogens with two attached hydrogens (primary N) is 2. The van der Waals surface area contributed by atoms with E-state index in [9.17, 15) is 82.8 Å². The molecule has 79 heavy (non-hydrogen) atoms. The molecule has 3 heterocycles. The summed E-state index contributed by atoms with van der Waals surface area (Å²) in [4.78, 5) is 102. The van der Waals surface area contributed by atoms with E-state index >= 15 is 0 Å². The van der Waals surface area contributed by atoms with Crippen molar-refractivity contribution in [3.63, 3.8) is 0 Å². The van der Waals surface area contributed by atoms with Crippen LogP contribution in [0.3, 0.4) is 0 Å². The van der Waals surface area contributed by atoms with Gasteiger partial charge in [-0.15, -0.1) is 0 Å². The number of hydrogen-bond donors (Lipinski definition) is 15. The zero-order valence-electron chi connectivity index (χ0n) is 45.7. The molecule has 0 saturated carbocycles. The summed E-state index contributed by atoms with van der Waals surface area (Å²) in [6.45, 7) is 5.87. The van der Waals surface area contributed by atoms with E-state index in [1.807, 2.05) is 0 Å². The van der Waals surface area contributed by atoms with Gasteiger partial charge in [-0.25, -0.2) is 8.42 Å². The van der Waals surface area contributed by atoms with E-state index in [4.69, 9.17) is 11.5 Å². The quantitative estimate of drug-likeness (QED) is 0.0473. The molecule has 1 aromatic rings. The highest BCUT2D eigenvalue weighted by molar-refractivity contribution is 7.92. The van der Waals surface area contributed by atoms with Crippen molar-refractivity contribution >= 4 is 51.2 Å². The number of amides is 7. The average Bonchev–Trinajstić information content (AvgIpc) is 3.99. The van der Waals surface area contributed by atoms with Crippen LogP contribution in [0.4, 0.5) is 0 Å². The SMILES string of the molecule is CC[C@H](C)C[C@H](C)CCCCCCCCC(=O)N[C@H]1C[C@@H](O)[C@H](S(=O)(=O)CCN)NC(=O)[C@@H]2[C@@H](O)CCN2C(=O)[C@H]([C@H](O)CCN)NC(=O)[C@H]([C@H](O)[C@@H](O)c2ccc(O)cc2)NC(=O)[C@@H]2C[C@@H](O)CN2C(=O)[C@H]([C@@H](C)O)NC1=O. The third-order valence-corrected chi connectivity index (χ3v) is 17.1. The fourth-order valence-corrected chi connectivity index (χ4v) is 11.9. The van der Waals surface area contributed by atoms with Gasteiger partial charge in [-0.1, -0.05) is 77.8 Å². The van der Waals surface area contributed by atoms with E-state index < -0.39 is 180 Å². The smallest absolute Gasteiger partial charge is 0.248 e. The number of unbranched alkanes of at least 4 members (excludes halogenated alkanes) is 5. The number of benzene rings is 1. The maximum Gasteiger partial charge on any atom is 0.248 e. The van der Waals surface area contributed by atoms with Crippen LogP contribution in [0.2, 0.25) is 0 Å². The van der Waals surface area contributed by atoms with Crippen molar-refractivity contribution in [3.8, 4) is 5.75 Å². The van der Waals surface area contributed by atoms with E-state index in [1.165, 1.54) is 18.6 Å². The van der Waals surface area contributed by atoms with Gasteiger partial charge in [-0.2, -0.15) is 0 Å². The van der Waals surface area contributed by atoms with Gasteiger partial charge < -0.3 is 88.7 Å². The van der Waals surface area contributed by atoms with Crippen LogP contribution in [0.25, 0.3) is 0 Å². The number of nitrogens with one attached hydrogen (secondary N) is 5. The van der Waals surface area contributed by atoms with Crippen molar-refractivity contribution < 1.29 is 82.8 Å². The Morgan fingerprint density at radius 1 is 0.722 bits per heavy atom. The molecule has 4 rings (SSSR count). The van der Waals surface area contributed by atoms with Gasteiger partial charge in [0.25, 0.3) is 0 Å². The van der Waals surface area contributed by atoms with Crippen LogP contribution in [-0.4, -0.2) is 211 Å². The number of aliphatic hydroxyl groups is 7. The average molecular weight is 1140 g/mol. The number of rotatable bonds is 23. The van der Waals surface area contributed by atoms with Gasteiger partial charge in [-0.3, -0.25) is 33.6 Å². The summed E-state index contributed by atoms with van der Waals surface area (Å²) < 4.78 is 27.9. The number of aliphatic hydroxyl groups excluding tert-OH is 7. The predicted molar refractivity (Wildman–Crippen MR) is 286 cm³/mol. The molecule has 26 nitrogen and oxygen atoms in total. The summed E-state index contributed by atoms with van der Waals surface area (Å²) >= 11 is 0. The zero-order valence-corrected chi connectivity index (χ0v) is 46.5. The molecule has 7 amide bonds. The number of fused-ring (bicyclic) bond motifs is 2. The Morgan fingerprint density at radius 3 is 1.95 bits per heavy atom. The number of phenolic OH excluding ortho intramolecular Hbond substituents is 1. The molecular formula is C52H87N9O17S. The third-order valence-electron chi connectivity index (χ3n) is 15.1. The summed E-state index contributed by atoms with van der Waals surface area (Å²) in [6.07, 6.45) is -7.70. The lowest BCUT2D eigenvalue weighted by atomic mass is 9.91. The van der Waals surface area contributed by atoms with Gasteiger partial charge in [0.1, 0.15) is 54.2 Å². The molecular weight excluding hydrogens is 1050 g/mol. The van der Waals surface area contributed by atoms with Crippen LogP contribution in [0.15, 0.2) is 24.3 Å². The summed E-state index contributed by atoms with van der Waals surface area (Å²) in [6, 6.07) is -7.38. The highest BCUT2D eigenvalue weighted by Crippen LogP contribution is 2.27. The molecule has 3 fully saturated rings. The second kappa shape index (κ2) is 31.2. The van der Waals surface area contributed by atoms with Gasteiger partial charge in [0.2, 0.25) is 41.4 Å². The maximum absolute atomic E-state index is 14.6. The fourth-order valence-electron chi connectivity index (χ4n) is 10.4. The highest BCUT2D eigenvalue weighted by atomic mass is 32.2. The van der Waals surface area contributed by atoms with Crippen molar-refractivity contribution in [2.45, 2.75) is 202 Å². The number of carbonyl (C=O) groups is 7. The van der Waals surface area contributed by atoms with Crippen LogP contribution in [0.1, 0.15) is 129 Å². The normalized spacial score (nSPS) is 28.4. The van der Waals surface area contributed by atoms with Gasteiger partial charge in [0.15, 0.2) is 15.2 Å². The van der Waals surface area contributed by atoms with Crippen LogP contribution >= 0.6 is 0 Å². The van der Waals surface area contributed by atoms with Crippen molar-refractivity contribution in [2.75, 3.05) is 31.9 Å². The number of hydrogen-bond acceptors (Lipinski definition) is 19. The summed E-state index contributed by atoms with van der Waals surface area (Å²) in [7, 11) is -4.73. The fraction of sp³-hybridized carbons (Fsp3) is 0.750. The molecule has 448 valence electrons. The number of aromatic hydroxyl groups is 1. The number of sulfone groups is 1. The molecule has 0 unspecified atom stereocenters. The number of phenols is 1. The van der Waals surface area contributed by atoms with Gasteiger partial charge in [-0.05, 0) is 68.7 Å². The molecule has 0 spiro atoms. The molecule has 3 aliphatic rings. The van der Waals surface area contributed by atoms with Crippen molar-refractivity contribution in [1.82, 2.24) is 36.4 Å². The van der Waals surface area contributed by atoms with Crippen LogP contribution < -0.4 is 38.1 Å². The molecule has 1 aromatic carbocycles. The Hall–Kier alpha value is -5.10. The minimum atomic E-state index is -4.73. The summed E-state index contributed by atoms with van der Waals surface area (Å²) in [5.74, 6) is -8.37. The molecule has 0 aromatic heterocycles. The lowest BCUT2D eigenvalue weighted by Crippen LogP contribution is -2.64. The number of carbonyl (C=O) groups excluding carboxylic acids is 7. The Kier molecular flexibility index (Phi) is 26.2. The van der Waals surface area contributed by atoms with Gasteiger partial charge >= 0.3 is 0 Å². The molecule has 16 atom stereocenters. The molecule has 27 heteroatoms. The lowest BCUT2D eigenvalue weighted by molar-refractivity contribution is -0.148. The van der Waals surface area contributed by atoms with Crippen molar-refractivity contribution in [2.24, 2.45) is 23.3 Å². The lowest BCUT2D eigenvalue weighted by Gasteiger charge is -2.35. The Balaban J connectivity index is 1.78. The van der Waals surface area contributed by atoms with Crippen LogP contribution in [0, 0.1) is 11.8 Å². The van der Waals surface area contributed by atoms with Crippen LogP contribution in [0.5, 0.6) is 5.75 Å². The second-order valence-electron chi connectivity index (χ2n) is 21.6. The minimum Gasteiger partial charge on any atom is -0.508 e. The van der Waals surface area contributed by atoms with Crippen molar-refractivity contribution in [1.29, 1.82) is 0 Å². The standard InChI is InChI=1S/C52H87N9O17S/c1-5-28(2)24-29(3)12-10-8-6-7-9-11-13-39(68)55-34-26-38(67)50(79(77,78)23-21-54)59-49(74)43-37(66)19-22-60(43)52(76)41(36(65)18-20-53)57-48(73)42(45(70)44(69)31-14-16-32(63)17-15-31)58-47(72)35-25-33(64)27-61(35)51(75)40(30(4)62)56-46(34)71/h14-17,28-30,33-38,40-45,50,62-67,69-70H,5-13,18-27,53-54H2,1-4H3,(H,55,68)(H,56,71)(H,57,73)(H,58,72)(H,59,74)/t28-,29+,30+,33+,34-,35-,36+,37-,38+,40-,41-,42-,43-,44-,45-,50-/m0/s1. The zero-order chi connectivity index (χ0) is 58.9. The molecule has 0 radical (unpaired) electrons. The van der Waals surface area contributed by atoms with Gasteiger partial charge in [0, 0.05) is 38.9 Å². The van der Waals surface area contributed by atoms with E-state index in [2.05, 4.69) is 47.4 Å². The molecule has 0 aliphatic carbocycles. The minimum absolute atomic E-state index is 0.0981. The highest BCUT2D eigenvalue weighted by Gasteiger charge is 2.50. The molecule has 0 bridgehead atoms. The summed E-state index contributed by atoms with van der Waals surface area (Å²) in [5.41, 5.74) is 11.3. The topological polar surface area (TPSA) is 434 Å². The van der Waals surface area contributed by atoms with E-state index in [0.29, 0.717) is 29.6 Å². The molecule has 3 saturated heterocycles. The maximum atomic E-state index is 14.6. The first-order chi connectivity index (χ1) is 37.3. The van der Waals surface area contributed by atoms with E-state index in [1.54, 1.807) is 0 Å². The summed E-state index contributed by atoms with van der Waals surface area (Å²) in [5, 5.41) is 98.5. The first-order valence-electron chi connectivity index (χ1n) is 27.5. The Bertz CT molecular complexity index is 2300. The third kappa shape index (κ3) is 18.7. The first kappa shape index (κ1) is 66.4. The largest absolute Gasteiger partial charge is 0.508 e. The first-order valence-corrected chi connectivity index (χ1v) is 29.3. The molecule has 3 aliphatic heterocycles. The van der Waals surface area contributed by atoms with Gasteiger partial charge in [0.05, 0.1) is 36.3 Å². The Labute approximate surface area is 461 Å². The molecule has 17 N–H and O–H groups in total. The predicted octanol–water partition coefficient (Wildman–Crippen LogP) is -3.49. The second-order valence-corrected chi connectivity index (χ2v) is 23.9. The van der Waals surface area contributed by atoms with Crippen molar-refractivity contribution in [3.05, 3.63) is 29.8 Å². The van der Waals surface area contributed by atoms with Crippen LogP contribution in [-0.2, 0) is 43.4 Å². The monoisotopic (exact) mass is 1140 g/mol. The van der Waals surface area contributed by atoms with E-state index in [0.717, 1.165) is 62.5 Å². The number of nitrogens with zero attached hydrogens (tertiary/aromatic N) is 2. The van der Waals surface area contributed by atoms with E-state index in [-0.39, 0.29) is 30.7 Å². The Morgan fingerprint density at radius 2 is 1.33 bits per heavy atom.